The Hall–Kier alpha value is -2.14. The van der Waals surface area contributed by atoms with Gasteiger partial charge in [-0.1, -0.05) is 24.6 Å². The highest BCUT2D eigenvalue weighted by atomic mass is 35.5. The topological polar surface area (TPSA) is 104 Å². The van der Waals surface area contributed by atoms with Crippen LogP contribution in [0.4, 0.5) is 11.4 Å². The van der Waals surface area contributed by atoms with Crippen molar-refractivity contribution in [2.75, 3.05) is 36.0 Å². The first-order valence-electron chi connectivity index (χ1n) is 10.0. The molecule has 1 aliphatic rings. The Labute approximate surface area is 194 Å². The van der Waals surface area contributed by atoms with Gasteiger partial charge < -0.3 is 5.32 Å². The zero-order chi connectivity index (χ0) is 23.7. The van der Waals surface area contributed by atoms with E-state index in [4.69, 9.17) is 11.6 Å². The first-order valence-corrected chi connectivity index (χ1v) is 13.7. The van der Waals surface area contributed by atoms with E-state index in [1.54, 1.807) is 18.2 Å². The first-order chi connectivity index (χ1) is 14.9. The normalized spacial score (nSPS) is 16.0. The zero-order valence-electron chi connectivity index (χ0n) is 18.1. The van der Waals surface area contributed by atoms with Gasteiger partial charge >= 0.3 is 0 Å². The number of benzene rings is 2. The minimum absolute atomic E-state index is 0.00663. The summed E-state index contributed by atoms with van der Waals surface area (Å²) >= 11 is 6.20. The fourth-order valence-electron chi connectivity index (χ4n) is 3.38. The Morgan fingerprint density at radius 3 is 2.38 bits per heavy atom. The molecule has 1 heterocycles. The number of halogens is 1. The molecule has 1 amide bonds. The van der Waals surface area contributed by atoms with Crippen molar-refractivity contribution in [2.24, 2.45) is 5.92 Å². The molecule has 0 radical (unpaired) electrons. The molecule has 0 unspecified atom stereocenters. The molecule has 32 heavy (non-hydrogen) atoms. The van der Waals surface area contributed by atoms with Crippen LogP contribution in [0.5, 0.6) is 0 Å². The summed E-state index contributed by atoms with van der Waals surface area (Å²) in [6.07, 6.45) is 2.66. The number of nitrogens with zero attached hydrogens (tertiary/aromatic N) is 2. The Kier molecular flexibility index (Phi) is 7.18. The number of sulfonamides is 2. The van der Waals surface area contributed by atoms with Gasteiger partial charge in [0.2, 0.25) is 20.0 Å². The van der Waals surface area contributed by atoms with Gasteiger partial charge in [-0.05, 0) is 55.2 Å². The summed E-state index contributed by atoms with van der Waals surface area (Å²) in [6, 6.07) is 10.4. The van der Waals surface area contributed by atoms with Crippen LogP contribution in [0.2, 0.25) is 5.02 Å². The van der Waals surface area contributed by atoms with Crippen molar-refractivity contribution in [3.05, 3.63) is 53.1 Å². The molecular formula is C21H26ClN3O5S2. The van der Waals surface area contributed by atoms with Crippen LogP contribution in [0.15, 0.2) is 47.4 Å². The van der Waals surface area contributed by atoms with Crippen LogP contribution >= 0.6 is 11.6 Å². The standard InChI is InChI=1S/C21H26ClN3O5S2/c1-15-9-11-25(12-10-15)32(29,30)18-7-8-20(22)19(14-18)21(26)23-16-5-4-6-17(13-16)24(2)31(3,27)28/h4-8,13-15H,9-12H2,1-3H3,(H,23,26). The van der Waals surface area contributed by atoms with Crippen LogP contribution in [0.1, 0.15) is 30.1 Å². The molecule has 174 valence electrons. The van der Waals surface area contributed by atoms with Gasteiger partial charge in [-0.25, -0.2) is 16.8 Å². The van der Waals surface area contributed by atoms with Crippen LogP contribution in [-0.4, -0.2) is 53.4 Å². The molecule has 0 aliphatic carbocycles. The van der Waals surface area contributed by atoms with Gasteiger partial charge in [-0.3, -0.25) is 9.10 Å². The van der Waals surface area contributed by atoms with Crippen molar-refractivity contribution in [1.82, 2.24) is 4.31 Å². The van der Waals surface area contributed by atoms with Gasteiger partial charge in [0.25, 0.3) is 5.91 Å². The molecule has 1 N–H and O–H groups in total. The molecule has 0 aromatic heterocycles. The Morgan fingerprint density at radius 1 is 1.09 bits per heavy atom. The number of amides is 1. The summed E-state index contributed by atoms with van der Waals surface area (Å²) in [5.74, 6) is -0.121. The number of hydrogen-bond acceptors (Lipinski definition) is 5. The summed E-state index contributed by atoms with van der Waals surface area (Å²) in [4.78, 5) is 12.9. The first kappa shape index (κ1) is 24.5. The SMILES string of the molecule is CC1CCN(S(=O)(=O)c2ccc(Cl)c(C(=O)Nc3cccc(N(C)S(C)(=O)=O)c3)c2)CC1. The zero-order valence-corrected chi connectivity index (χ0v) is 20.5. The van der Waals surface area contributed by atoms with E-state index in [0.717, 1.165) is 23.4 Å². The van der Waals surface area contributed by atoms with E-state index in [1.807, 2.05) is 0 Å². The monoisotopic (exact) mass is 499 g/mol. The summed E-state index contributed by atoms with van der Waals surface area (Å²) in [6.45, 7) is 2.97. The summed E-state index contributed by atoms with van der Waals surface area (Å²) in [7, 11) is -5.81. The smallest absolute Gasteiger partial charge is 0.257 e. The number of piperidine rings is 1. The van der Waals surface area contributed by atoms with Crippen molar-refractivity contribution < 1.29 is 21.6 Å². The van der Waals surface area contributed by atoms with E-state index in [2.05, 4.69) is 12.2 Å². The Balaban J connectivity index is 1.85. The van der Waals surface area contributed by atoms with Crippen molar-refractivity contribution in [2.45, 2.75) is 24.7 Å². The second-order valence-corrected chi connectivity index (χ2v) is 12.3. The van der Waals surface area contributed by atoms with Crippen LogP contribution in [-0.2, 0) is 20.0 Å². The number of carbonyl (C=O) groups is 1. The minimum Gasteiger partial charge on any atom is -0.322 e. The molecule has 0 bridgehead atoms. The van der Waals surface area contributed by atoms with Crippen LogP contribution in [0, 0.1) is 5.92 Å². The second kappa shape index (κ2) is 9.38. The quantitative estimate of drug-likeness (QED) is 0.655. The van der Waals surface area contributed by atoms with Crippen LogP contribution in [0.25, 0.3) is 0 Å². The molecule has 2 aromatic carbocycles. The highest BCUT2D eigenvalue weighted by Crippen LogP contribution is 2.27. The van der Waals surface area contributed by atoms with E-state index >= 15 is 0 Å². The predicted molar refractivity (Wildman–Crippen MR) is 126 cm³/mol. The molecule has 8 nitrogen and oxygen atoms in total. The maximum absolute atomic E-state index is 13.0. The van der Waals surface area contributed by atoms with E-state index in [-0.39, 0.29) is 15.5 Å². The van der Waals surface area contributed by atoms with E-state index < -0.39 is 26.0 Å². The average molecular weight is 500 g/mol. The molecule has 1 aliphatic heterocycles. The lowest BCUT2D eigenvalue weighted by Crippen LogP contribution is -2.37. The highest BCUT2D eigenvalue weighted by Gasteiger charge is 2.29. The lowest BCUT2D eigenvalue weighted by molar-refractivity contribution is 0.102. The summed E-state index contributed by atoms with van der Waals surface area (Å²) in [5.41, 5.74) is 0.726. The molecule has 0 saturated carbocycles. The summed E-state index contributed by atoms with van der Waals surface area (Å²) in [5, 5.41) is 2.77. The Morgan fingerprint density at radius 2 is 1.75 bits per heavy atom. The number of rotatable bonds is 6. The molecule has 3 rings (SSSR count). The van der Waals surface area contributed by atoms with Gasteiger partial charge in [-0.2, -0.15) is 4.31 Å². The van der Waals surface area contributed by atoms with Gasteiger partial charge in [0, 0.05) is 25.8 Å². The minimum atomic E-state index is -3.74. The number of carbonyl (C=O) groups excluding carboxylic acids is 1. The maximum atomic E-state index is 13.0. The van der Waals surface area contributed by atoms with Crippen molar-refractivity contribution in [1.29, 1.82) is 0 Å². The van der Waals surface area contributed by atoms with Gasteiger partial charge in [0.15, 0.2) is 0 Å². The van der Waals surface area contributed by atoms with Crippen LogP contribution < -0.4 is 9.62 Å². The lowest BCUT2D eigenvalue weighted by Gasteiger charge is -2.29. The van der Waals surface area contributed by atoms with Gasteiger partial charge in [0.05, 0.1) is 27.4 Å². The van der Waals surface area contributed by atoms with E-state index in [1.165, 1.54) is 35.6 Å². The average Bonchev–Trinajstić information content (AvgIpc) is 2.73. The largest absolute Gasteiger partial charge is 0.322 e. The molecule has 2 aromatic rings. The number of anilines is 2. The van der Waals surface area contributed by atoms with Gasteiger partial charge in [-0.15, -0.1) is 0 Å². The summed E-state index contributed by atoms with van der Waals surface area (Å²) < 4.78 is 52.1. The van der Waals surface area contributed by atoms with Crippen molar-refractivity contribution in [3.8, 4) is 0 Å². The molecule has 0 spiro atoms. The van der Waals surface area contributed by atoms with Crippen LogP contribution in [0.3, 0.4) is 0 Å². The second-order valence-electron chi connectivity index (χ2n) is 7.96. The fourth-order valence-corrected chi connectivity index (χ4v) is 5.58. The molecule has 0 atom stereocenters. The number of hydrogen-bond donors (Lipinski definition) is 1. The molecule has 1 fully saturated rings. The molecular weight excluding hydrogens is 474 g/mol. The third-order valence-electron chi connectivity index (χ3n) is 5.53. The van der Waals surface area contributed by atoms with E-state index in [0.29, 0.717) is 30.4 Å². The molecule has 11 heteroatoms. The fraction of sp³-hybridized carbons (Fsp3) is 0.381. The third kappa shape index (κ3) is 5.43. The van der Waals surface area contributed by atoms with Crippen molar-refractivity contribution in [3.63, 3.8) is 0 Å². The predicted octanol–water partition coefficient (Wildman–Crippen LogP) is 3.41. The van der Waals surface area contributed by atoms with Gasteiger partial charge in [0.1, 0.15) is 0 Å². The van der Waals surface area contributed by atoms with E-state index in [9.17, 15) is 21.6 Å². The maximum Gasteiger partial charge on any atom is 0.257 e. The number of nitrogens with one attached hydrogen (secondary N) is 1. The highest BCUT2D eigenvalue weighted by molar-refractivity contribution is 7.92. The Bertz CT molecular complexity index is 1220. The molecule has 1 saturated heterocycles. The van der Waals surface area contributed by atoms with Crippen molar-refractivity contribution >= 4 is 48.9 Å². The lowest BCUT2D eigenvalue weighted by atomic mass is 10.0. The third-order valence-corrected chi connectivity index (χ3v) is 8.96.